The molecule has 0 saturated carbocycles. The standard InChI is InChI=1S/C13H20N4S/c1-5-17-11(6-9(2)16-17)7-12(14-4)13-8-18-10(3)15-13/h6,8,12,14H,5,7H2,1-4H3. The molecule has 0 aliphatic heterocycles. The highest BCUT2D eigenvalue weighted by molar-refractivity contribution is 7.09. The SMILES string of the molecule is CCn1nc(C)cc1CC(NC)c1csc(C)n1. The van der Waals surface area contributed by atoms with Gasteiger partial charge in [0, 0.05) is 24.0 Å². The van der Waals surface area contributed by atoms with E-state index in [-0.39, 0.29) is 6.04 Å². The van der Waals surface area contributed by atoms with Crippen LogP contribution in [-0.4, -0.2) is 21.8 Å². The van der Waals surface area contributed by atoms with Crippen LogP contribution in [0.15, 0.2) is 11.4 Å². The maximum Gasteiger partial charge on any atom is 0.0898 e. The second-order valence-corrected chi connectivity index (χ2v) is 5.49. The van der Waals surface area contributed by atoms with Gasteiger partial charge in [-0.1, -0.05) is 0 Å². The van der Waals surface area contributed by atoms with Crippen LogP contribution < -0.4 is 5.32 Å². The number of rotatable bonds is 5. The number of nitrogens with zero attached hydrogens (tertiary/aromatic N) is 3. The molecule has 2 aromatic heterocycles. The van der Waals surface area contributed by atoms with Gasteiger partial charge in [-0.3, -0.25) is 4.68 Å². The van der Waals surface area contributed by atoms with Crippen LogP contribution >= 0.6 is 11.3 Å². The van der Waals surface area contributed by atoms with Crippen molar-refractivity contribution in [2.24, 2.45) is 0 Å². The van der Waals surface area contributed by atoms with E-state index < -0.39 is 0 Å². The third-order valence-corrected chi connectivity index (χ3v) is 3.83. The molecule has 0 bridgehead atoms. The van der Waals surface area contributed by atoms with Gasteiger partial charge in [0.2, 0.25) is 0 Å². The molecule has 98 valence electrons. The second kappa shape index (κ2) is 5.63. The fourth-order valence-electron chi connectivity index (χ4n) is 2.14. The van der Waals surface area contributed by atoms with Crippen molar-refractivity contribution >= 4 is 11.3 Å². The Morgan fingerprint density at radius 3 is 2.78 bits per heavy atom. The predicted octanol–water partition coefficient (Wildman–Crippen LogP) is 2.48. The van der Waals surface area contributed by atoms with E-state index in [4.69, 9.17) is 0 Å². The molecular weight excluding hydrogens is 244 g/mol. The van der Waals surface area contributed by atoms with Crippen LogP contribution in [0, 0.1) is 13.8 Å². The highest BCUT2D eigenvalue weighted by Crippen LogP contribution is 2.20. The summed E-state index contributed by atoms with van der Waals surface area (Å²) in [5.41, 5.74) is 3.47. The molecule has 0 fully saturated rings. The van der Waals surface area contributed by atoms with Gasteiger partial charge in [0.25, 0.3) is 0 Å². The molecule has 5 heteroatoms. The first kappa shape index (κ1) is 13.2. The van der Waals surface area contributed by atoms with Crippen molar-refractivity contribution in [1.82, 2.24) is 20.1 Å². The summed E-state index contributed by atoms with van der Waals surface area (Å²) in [5.74, 6) is 0. The third-order valence-electron chi connectivity index (χ3n) is 3.04. The summed E-state index contributed by atoms with van der Waals surface area (Å²) in [6.45, 7) is 7.12. The van der Waals surface area contributed by atoms with Gasteiger partial charge in [-0.05, 0) is 33.9 Å². The lowest BCUT2D eigenvalue weighted by atomic mass is 10.1. The van der Waals surface area contributed by atoms with E-state index in [0.29, 0.717) is 0 Å². The average molecular weight is 264 g/mol. The molecule has 0 saturated heterocycles. The fourth-order valence-corrected chi connectivity index (χ4v) is 2.81. The van der Waals surface area contributed by atoms with Crippen LogP contribution in [-0.2, 0) is 13.0 Å². The first-order chi connectivity index (χ1) is 8.63. The molecule has 0 aliphatic rings. The quantitative estimate of drug-likeness (QED) is 0.902. The number of aryl methyl sites for hydroxylation is 3. The molecule has 1 unspecified atom stereocenters. The predicted molar refractivity (Wildman–Crippen MR) is 75.0 cm³/mol. The number of nitrogens with one attached hydrogen (secondary N) is 1. The zero-order valence-corrected chi connectivity index (χ0v) is 12.2. The summed E-state index contributed by atoms with van der Waals surface area (Å²) in [6.07, 6.45) is 0.925. The Balaban J connectivity index is 2.19. The molecule has 4 nitrogen and oxygen atoms in total. The normalized spacial score (nSPS) is 12.9. The fraction of sp³-hybridized carbons (Fsp3) is 0.538. The molecule has 18 heavy (non-hydrogen) atoms. The smallest absolute Gasteiger partial charge is 0.0898 e. The summed E-state index contributed by atoms with van der Waals surface area (Å²) in [6, 6.07) is 2.42. The molecule has 2 aromatic rings. The van der Waals surface area contributed by atoms with E-state index in [1.54, 1.807) is 11.3 Å². The molecular formula is C13H20N4S. The zero-order valence-electron chi connectivity index (χ0n) is 11.4. The topological polar surface area (TPSA) is 42.7 Å². The molecule has 1 atom stereocenters. The third kappa shape index (κ3) is 2.79. The van der Waals surface area contributed by atoms with E-state index in [9.17, 15) is 0 Å². The number of hydrogen-bond donors (Lipinski definition) is 1. The van der Waals surface area contributed by atoms with Crippen molar-refractivity contribution in [3.63, 3.8) is 0 Å². The summed E-state index contributed by atoms with van der Waals surface area (Å²) in [4.78, 5) is 4.57. The molecule has 2 heterocycles. The summed E-state index contributed by atoms with van der Waals surface area (Å²) in [5, 5.41) is 11.1. The van der Waals surface area contributed by atoms with Crippen LogP contribution in [0.4, 0.5) is 0 Å². The minimum Gasteiger partial charge on any atom is -0.311 e. The largest absolute Gasteiger partial charge is 0.311 e. The monoisotopic (exact) mass is 264 g/mol. The molecule has 0 spiro atoms. The number of aromatic nitrogens is 3. The van der Waals surface area contributed by atoms with E-state index in [2.05, 4.69) is 38.5 Å². The minimum absolute atomic E-state index is 0.261. The summed E-state index contributed by atoms with van der Waals surface area (Å²) < 4.78 is 2.07. The molecule has 0 radical (unpaired) electrons. The summed E-state index contributed by atoms with van der Waals surface area (Å²) in [7, 11) is 1.98. The Kier molecular flexibility index (Phi) is 4.14. The number of thiazole rings is 1. The molecule has 0 aliphatic carbocycles. The van der Waals surface area contributed by atoms with Gasteiger partial charge in [0.15, 0.2) is 0 Å². The van der Waals surface area contributed by atoms with Gasteiger partial charge in [-0.2, -0.15) is 5.10 Å². The zero-order chi connectivity index (χ0) is 13.1. The lowest BCUT2D eigenvalue weighted by Gasteiger charge is -2.14. The van der Waals surface area contributed by atoms with Crippen LogP contribution in [0.3, 0.4) is 0 Å². The van der Waals surface area contributed by atoms with Crippen LogP contribution in [0.5, 0.6) is 0 Å². The van der Waals surface area contributed by atoms with E-state index >= 15 is 0 Å². The van der Waals surface area contributed by atoms with E-state index in [1.165, 1.54) is 5.69 Å². The maximum absolute atomic E-state index is 4.57. The van der Waals surface area contributed by atoms with Gasteiger partial charge in [0.1, 0.15) is 0 Å². The Morgan fingerprint density at radius 1 is 1.44 bits per heavy atom. The number of likely N-dealkylation sites (N-methyl/N-ethyl adjacent to an activating group) is 1. The first-order valence-electron chi connectivity index (χ1n) is 6.26. The summed E-state index contributed by atoms with van der Waals surface area (Å²) >= 11 is 1.70. The minimum atomic E-state index is 0.261. The lowest BCUT2D eigenvalue weighted by Crippen LogP contribution is -2.20. The van der Waals surface area contributed by atoms with Crippen molar-refractivity contribution in [3.05, 3.63) is 33.5 Å². The molecule has 0 aromatic carbocycles. The van der Waals surface area contributed by atoms with Gasteiger partial charge in [-0.15, -0.1) is 11.3 Å². The highest BCUT2D eigenvalue weighted by Gasteiger charge is 2.16. The van der Waals surface area contributed by atoms with Crippen molar-refractivity contribution in [3.8, 4) is 0 Å². The number of hydrogen-bond acceptors (Lipinski definition) is 4. The van der Waals surface area contributed by atoms with Crippen LogP contribution in [0.1, 0.15) is 35.1 Å². The maximum atomic E-state index is 4.57. The highest BCUT2D eigenvalue weighted by atomic mass is 32.1. The lowest BCUT2D eigenvalue weighted by molar-refractivity contribution is 0.533. The van der Waals surface area contributed by atoms with Crippen molar-refractivity contribution < 1.29 is 0 Å². The Hall–Kier alpha value is -1.20. The molecule has 1 N–H and O–H groups in total. The van der Waals surface area contributed by atoms with E-state index in [1.807, 2.05) is 20.9 Å². The molecule has 2 rings (SSSR count). The second-order valence-electron chi connectivity index (χ2n) is 4.43. The Bertz CT molecular complexity index is 515. The Labute approximate surface area is 112 Å². The van der Waals surface area contributed by atoms with E-state index in [0.717, 1.165) is 29.4 Å². The van der Waals surface area contributed by atoms with Gasteiger partial charge in [-0.25, -0.2) is 4.98 Å². The van der Waals surface area contributed by atoms with Crippen molar-refractivity contribution in [2.45, 2.75) is 39.8 Å². The van der Waals surface area contributed by atoms with Gasteiger partial charge < -0.3 is 5.32 Å². The van der Waals surface area contributed by atoms with Crippen LogP contribution in [0.2, 0.25) is 0 Å². The van der Waals surface area contributed by atoms with Gasteiger partial charge in [0.05, 0.1) is 22.4 Å². The van der Waals surface area contributed by atoms with Crippen LogP contribution in [0.25, 0.3) is 0 Å². The molecule has 0 amide bonds. The Morgan fingerprint density at radius 2 is 2.22 bits per heavy atom. The van der Waals surface area contributed by atoms with Gasteiger partial charge >= 0.3 is 0 Å². The van der Waals surface area contributed by atoms with Crippen molar-refractivity contribution in [2.75, 3.05) is 7.05 Å². The average Bonchev–Trinajstić information content (AvgIpc) is 2.92. The van der Waals surface area contributed by atoms with Crippen molar-refractivity contribution in [1.29, 1.82) is 0 Å². The first-order valence-corrected chi connectivity index (χ1v) is 7.14.